The van der Waals surface area contributed by atoms with Crippen molar-refractivity contribution in [2.75, 3.05) is 10.7 Å². The van der Waals surface area contributed by atoms with Crippen molar-refractivity contribution < 1.29 is 4.74 Å². The molecule has 0 saturated heterocycles. The van der Waals surface area contributed by atoms with E-state index in [0.29, 0.717) is 0 Å². The summed E-state index contributed by atoms with van der Waals surface area (Å²) in [5.41, 5.74) is 2.08. The molecule has 0 bridgehead atoms. The quantitative estimate of drug-likeness (QED) is 0.357. The topological polar surface area (TPSA) is 9.23 Å². The van der Waals surface area contributed by atoms with Crippen LogP contribution in [0, 0.1) is 0 Å². The fraction of sp³-hybridized carbons (Fsp3) is 0.333. The maximum absolute atomic E-state index is 6.36. The smallest absolute Gasteiger partial charge is 0.132 e. The molecular formula is C18H18Br2Cl2O. The highest BCUT2D eigenvalue weighted by molar-refractivity contribution is 9.09. The van der Waals surface area contributed by atoms with Gasteiger partial charge in [-0.15, -0.1) is 0 Å². The molecule has 0 heterocycles. The van der Waals surface area contributed by atoms with Gasteiger partial charge in [-0.2, -0.15) is 0 Å². The van der Waals surface area contributed by atoms with E-state index in [2.05, 4.69) is 31.9 Å². The normalized spacial score (nSPS) is 10.8. The van der Waals surface area contributed by atoms with Crippen molar-refractivity contribution in [1.29, 1.82) is 0 Å². The van der Waals surface area contributed by atoms with Crippen LogP contribution in [0.15, 0.2) is 36.4 Å². The number of hydrogen-bond donors (Lipinski definition) is 0. The Morgan fingerprint density at radius 2 is 1.17 bits per heavy atom. The van der Waals surface area contributed by atoms with E-state index in [0.717, 1.165) is 69.0 Å². The summed E-state index contributed by atoms with van der Waals surface area (Å²) in [5.74, 6) is 1.61. The minimum Gasteiger partial charge on any atom is -0.457 e. The zero-order valence-electron chi connectivity index (χ0n) is 12.6. The third kappa shape index (κ3) is 5.38. The predicted molar refractivity (Wildman–Crippen MR) is 107 cm³/mol. The maximum Gasteiger partial charge on any atom is 0.132 e. The molecule has 2 aromatic carbocycles. The lowest BCUT2D eigenvalue weighted by Crippen LogP contribution is -1.98. The first-order valence-corrected chi connectivity index (χ1v) is 10.5. The molecule has 0 saturated carbocycles. The van der Waals surface area contributed by atoms with E-state index in [1.807, 2.05) is 36.4 Å². The van der Waals surface area contributed by atoms with Crippen LogP contribution < -0.4 is 4.74 Å². The zero-order valence-corrected chi connectivity index (χ0v) is 17.3. The number of hydrogen-bond acceptors (Lipinski definition) is 1. The number of halogens is 4. The van der Waals surface area contributed by atoms with Crippen molar-refractivity contribution in [1.82, 2.24) is 0 Å². The second-order valence-electron chi connectivity index (χ2n) is 5.12. The summed E-state index contributed by atoms with van der Waals surface area (Å²) < 4.78 is 6.20. The number of alkyl halides is 2. The largest absolute Gasteiger partial charge is 0.457 e. The summed E-state index contributed by atoms with van der Waals surface area (Å²) >= 11 is 19.7. The summed E-state index contributed by atoms with van der Waals surface area (Å²) in [6.45, 7) is 0. The molecule has 0 aliphatic heterocycles. The molecule has 2 aromatic rings. The van der Waals surface area contributed by atoms with Crippen LogP contribution in [0.1, 0.15) is 24.0 Å². The summed E-state index contributed by atoms with van der Waals surface area (Å²) in [4.78, 5) is 0. The van der Waals surface area contributed by atoms with E-state index < -0.39 is 0 Å². The Morgan fingerprint density at radius 3 is 1.57 bits per heavy atom. The highest BCUT2D eigenvalue weighted by atomic mass is 79.9. The van der Waals surface area contributed by atoms with E-state index in [1.165, 1.54) is 0 Å². The van der Waals surface area contributed by atoms with E-state index >= 15 is 0 Å². The molecule has 0 fully saturated rings. The number of rotatable bonds is 8. The molecular weight excluding hydrogens is 463 g/mol. The van der Waals surface area contributed by atoms with Gasteiger partial charge in [0.1, 0.15) is 11.5 Å². The molecule has 0 amide bonds. The average molecular weight is 481 g/mol. The predicted octanol–water partition coefficient (Wildman–Crippen LogP) is 7.44. The Hall–Kier alpha value is -0.220. The lowest BCUT2D eigenvalue weighted by molar-refractivity contribution is 0.469. The Kier molecular flexibility index (Phi) is 8.25. The molecule has 0 spiro atoms. The van der Waals surface area contributed by atoms with Gasteiger partial charge in [0, 0.05) is 31.8 Å². The van der Waals surface area contributed by atoms with Crippen molar-refractivity contribution in [3.63, 3.8) is 0 Å². The molecule has 5 heteroatoms. The van der Waals surface area contributed by atoms with Crippen LogP contribution >= 0.6 is 55.1 Å². The van der Waals surface area contributed by atoms with Gasteiger partial charge in [-0.25, -0.2) is 0 Å². The Balaban J connectivity index is 2.32. The van der Waals surface area contributed by atoms with Crippen molar-refractivity contribution in [3.8, 4) is 11.5 Å². The highest BCUT2D eigenvalue weighted by Crippen LogP contribution is 2.35. The van der Waals surface area contributed by atoms with Gasteiger partial charge < -0.3 is 4.74 Å². The first-order valence-electron chi connectivity index (χ1n) is 7.52. The Labute approximate surface area is 164 Å². The molecule has 0 aliphatic rings. The molecule has 124 valence electrons. The average Bonchev–Trinajstić information content (AvgIpc) is 2.54. The standard InChI is InChI=1S/C18H18Br2Cl2O/c19-11-3-5-13-15(21)7-1-9-17(13)23-18-10-2-8-16(22)14(18)6-4-12-20/h1-2,7-10H,3-6,11-12H2. The van der Waals surface area contributed by atoms with Crippen LogP contribution in [-0.2, 0) is 12.8 Å². The molecule has 2 rings (SSSR count). The minimum absolute atomic E-state index is 0.743. The number of benzene rings is 2. The molecule has 0 aromatic heterocycles. The van der Waals surface area contributed by atoms with Crippen LogP contribution in [0.5, 0.6) is 11.5 Å². The van der Waals surface area contributed by atoms with Gasteiger partial charge >= 0.3 is 0 Å². The minimum atomic E-state index is 0.743. The van der Waals surface area contributed by atoms with Crippen LogP contribution in [0.3, 0.4) is 0 Å². The van der Waals surface area contributed by atoms with Crippen molar-refractivity contribution in [2.24, 2.45) is 0 Å². The van der Waals surface area contributed by atoms with Crippen molar-refractivity contribution in [3.05, 3.63) is 57.6 Å². The third-order valence-electron chi connectivity index (χ3n) is 3.49. The van der Waals surface area contributed by atoms with Crippen LogP contribution in [0.2, 0.25) is 10.0 Å². The lowest BCUT2D eigenvalue weighted by Gasteiger charge is -2.16. The van der Waals surface area contributed by atoms with Gasteiger partial charge in [-0.3, -0.25) is 0 Å². The van der Waals surface area contributed by atoms with Crippen LogP contribution in [-0.4, -0.2) is 10.7 Å². The van der Waals surface area contributed by atoms with Gasteiger partial charge in [0.15, 0.2) is 0 Å². The number of ether oxygens (including phenoxy) is 1. The van der Waals surface area contributed by atoms with Crippen LogP contribution in [0.4, 0.5) is 0 Å². The first-order chi connectivity index (χ1) is 11.2. The molecule has 0 atom stereocenters. The summed E-state index contributed by atoms with van der Waals surface area (Å²) in [6.07, 6.45) is 3.76. The molecule has 23 heavy (non-hydrogen) atoms. The van der Waals surface area contributed by atoms with Gasteiger partial charge in [0.2, 0.25) is 0 Å². The molecule has 0 radical (unpaired) electrons. The van der Waals surface area contributed by atoms with E-state index in [-0.39, 0.29) is 0 Å². The summed E-state index contributed by atoms with van der Waals surface area (Å²) in [6, 6.07) is 11.6. The zero-order chi connectivity index (χ0) is 16.7. The van der Waals surface area contributed by atoms with Crippen LogP contribution in [0.25, 0.3) is 0 Å². The molecule has 0 N–H and O–H groups in total. The molecule has 0 aliphatic carbocycles. The van der Waals surface area contributed by atoms with Gasteiger partial charge in [-0.1, -0.05) is 67.2 Å². The lowest BCUT2D eigenvalue weighted by atomic mass is 10.1. The van der Waals surface area contributed by atoms with E-state index in [4.69, 9.17) is 27.9 Å². The fourth-order valence-electron chi connectivity index (χ4n) is 2.36. The first kappa shape index (κ1) is 19.1. The van der Waals surface area contributed by atoms with E-state index in [1.54, 1.807) is 0 Å². The third-order valence-corrected chi connectivity index (χ3v) is 5.32. The SMILES string of the molecule is Clc1cccc(Oc2cccc(Cl)c2CCCBr)c1CCCBr. The highest BCUT2D eigenvalue weighted by Gasteiger charge is 2.13. The van der Waals surface area contributed by atoms with Crippen molar-refractivity contribution in [2.45, 2.75) is 25.7 Å². The van der Waals surface area contributed by atoms with Gasteiger partial charge in [0.05, 0.1) is 0 Å². The summed E-state index contributed by atoms with van der Waals surface area (Å²) in [7, 11) is 0. The second kappa shape index (κ2) is 9.93. The maximum atomic E-state index is 6.36. The molecule has 1 nitrogen and oxygen atoms in total. The fourth-order valence-corrected chi connectivity index (χ4v) is 3.44. The van der Waals surface area contributed by atoms with Crippen molar-refractivity contribution >= 4 is 55.1 Å². The van der Waals surface area contributed by atoms with Gasteiger partial charge in [0.25, 0.3) is 0 Å². The summed E-state index contributed by atoms with van der Waals surface area (Å²) in [5, 5.41) is 3.36. The molecule has 0 unspecified atom stereocenters. The Bertz CT molecular complexity index is 591. The second-order valence-corrected chi connectivity index (χ2v) is 7.52. The van der Waals surface area contributed by atoms with E-state index in [9.17, 15) is 0 Å². The van der Waals surface area contributed by atoms with Gasteiger partial charge in [-0.05, 0) is 49.9 Å². The monoisotopic (exact) mass is 478 g/mol. The Morgan fingerprint density at radius 1 is 0.739 bits per heavy atom.